The van der Waals surface area contributed by atoms with Gasteiger partial charge in [0.15, 0.2) is 0 Å². The number of hydrogen-bond donors (Lipinski definition) is 0. The van der Waals surface area contributed by atoms with Gasteiger partial charge in [-0.05, 0) is 29.0 Å². The highest BCUT2D eigenvalue weighted by Gasteiger charge is 2.37. The lowest BCUT2D eigenvalue weighted by Gasteiger charge is -2.44. The maximum Gasteiger partial charge on any atom is 0.0402 e. The molecule has 0 N–H and O–H groups in total. The molecule has 0 saturated heterocycles. The molecule has 120 valence electrons. The summed E-state index contributed by atoms with van der Waals surface area (Å²) in [5.74, 6) is 2.19. The highest BCUT2D eigenvalue weighted by Crippen LogP contribution is 2.47. The Hall–Kier alpha value is -1.76. The molecule has 0 aromatic heterocycles. The van der Waals surface area contributed by atoms with E-state index in [1.165, 1.54) is 55.5 Å². The summed E-state index contributed by atoms with van der Waals surface area (Å²) < 4.78 is 0. The Morgan fingerprint density at radius 3 is 2.30 bits per heavy atom. The minimum Gasteiger partial charge on any atom is -0.374 e. The fourth-order valence-corrected chi connectivity index (χ4v) is 4.92. The Bertz CT molecular complexity index is 642. The van der Waals surface area contributed by atoms with E-state index in [9.17, 15) is 0 Å². The van der Waals surface area contributed by atoms with Gasteiger partial charge in [0.1, 0.15) is 0 Å². The van der Waals surface area contributed by atoms with E-state index >= 15 is 0 Å². The predicted molar refractivity (Wildman–Crippen MR) is 98.1 cm³/mol. The van der Waals surface area contributed by atoms with Crippen molar-refractivity contribution in [1.82, 2.24) is 0 Å². The first-order valence-electron chi connectivity index (χ1n) is 9.19. The topological polar surface area (TPSA) is 3.24 Å². The van der Waals surface area contributed by atoms with Gasteiger partial charge in [-0.1, -0.05) is 80.6 Å². The van der Waals surface area contributed by atoms with Crippen molar-refractivity contribution in [2.75, 3.05) is 18.5 Å². The second-order valence-electron chi connectivity index (χ2n) is 7.39. The average Bonchev–Trinajstić information content (AvgIpc) is 2.63. The monoisotopic (exact) mass is 305 g/mol. The molecule has 23 heavy (non-hydrogen) atoms. The van der Waals surface area contributed by atoms with Crippen LogP contribution in [-0.4, -0.2) is 13.6 Å². The van der Waals surface area contributed by atoms with Crippen molar-refractivity contribution in [1.29, 1.82) is 0 Å². The first-order chi connectivity index (χ1) is 11.3. The van der Waals surface area contributed by atoms with Crippen molar-refractivity contribution in [2.24, 2.45) is 11.8 Å². The second-order valence-corrected chi connectivity index (χ2v) is 7.39. The molecule has 2 aromatic rings. The largest absolute Gasteiger partial charge is 0.374 e. The third-order valence-corrected chi connectivity index (χ3v) is 6.01. The smallest absolute Gasteiger partial charge is 0.0402 e. The van der Waals surface area contributed by atoms with Crippen LogP contribution in [0.2, 0.25) is 0 Å². The number of fused-ring (bicyclic) bond motifs is 1. The van der Waals surface area contributed by atoms with Gasteiger partial charge in [-0.3, -0.25) is 0 Å². The normalized spacial score (nSPS) is 25.2. The van der Waals surface area contributed by atoms with Gasteiger partial charge in [-0.15, -0.1) is 0 Å². The summed E-state index contributed by atoms with van der Waals surface area (Å²) in [6.07, 6.45) is 7.13. The van der Waals surface area contributed by atoms with Gasteiger partial charge in [0.25, 0.3) is 0 Å². The molecule has 2 aromatic carbocycles. The van der Waals surface area contributed by atoms with E-state index in [2.05, 4.69) is 66.5 Å². The van der Waals surface area contributed by atoms with Gasteiger partial charge in [0, 0.05) is 25.2 Å². The minimum absolute atomic E-state index is 0.562. The van der Waals surface area contributed by atoms with Crippen molar-refractivity contribution in [3.05, 3.63) is 65.7 Å². The summed E-state index contributed by atoms with van der Waals surface area (Å²) in [7, 11) is 2.27. The van der Waals surface area contributed by atoms with E-state index in [0.717, 1.165) is 11.8 Å². The fraction of sp³-hybridized carbons (Fsp3) is 0.455. The van der Waals surface area contributed by atoms with Crippen LogP contribution < -0.4 is 4.90 Å². The molecule has 2 unspecified atom stereocenters. The number of hydrogen-bond acceptors (Lipinski definition) is 1. The van der Waals surface area contributed by atoms with Crippen molar-refractivity contribution >= 4 is 5.69 Å². The third kappa shape index (κ3) is 2.78. The average molecular weight is 305 g/mol. The van der Waals surface area contributed by atoms with Crippen LogP contribution in [0, 0.1) is 11.8 Å². The van der Waals surface area contributed by atoms with Crippen LogP contribution >= 0.6 is 0 Å². The maximum atomic E-state index is 2.49. The molecule has 0 amide bonds. The number of rotatable bonds is 2. The van der Waals surface area contributed by atoms with Gasteiger partial charge in [0.2, 0.25) is 0 Å². The Morgan fingerprint density at radius 1 is 0.826 bits per heavy atom. The zero-order valence-corrected chi connectivity index (χ0v) is 14.1. The summed E-state index contributed by atoms with van der Waals surface area (Å²) in [6.45, 7) is 1.20. The Labute approximate surface area is 140 Å². The number of nitrogens with zero attached hydrogens (tertiary/aromatic N) is 1. The molecular formula is C22H27N. The quantitative estimate of drug-likeness (QED) is 0.711. The van der Waals surface area contributed by atoms with E-state index < -0.39 is 0 Å². The van der Waals surface area contributed by atoms with Crippen LogP contribution in [0.3, 0.4) is 0 Å². The van der Waals surface area contributed by atoms with Crippen LogP contribution in [-0.2, 0) is 0 Å². The van der Waals surface area contributed by atoms with Crippen LogP contribution in [0.15, 0.2) is 54.6 Å². The molecule has 0 radical (unpaired) electrons. The lowest BCUT2D eigenvalue weighted by atomic mass is 9.67. The summed E-state index contributed by atoms with van der Waals surface area (Å²) in [5, 5.41) is 0. The van der Waals surface area contributed by atoms with Crippen LogP contribution in [0.4, 0.5) is 5.69 Å². The molecule has 2 atom stereocenters. The third-order valence-electron chi connectivity index (χ3n) is 6.01. The number of para-hydroxylation sites is 1. The molecule has 1 saturated carbocycles. The fourth-order valence-electron chi connectivity index (χ4n) is 4.92. The molecule has 0 spiro atoms. The summed E-state index contributed by atoms with van der Waals surface area (Å²) in [5.41, 5.74) is 4.46. The van der Waals surface area contributed by atoms with E-state index in [1.807, 2.05) is 0 Å². The van der Waals surface area contributed by atoms with Gasteiger partial charge in [0.05, 0.1) is 0 Å². The van der Waals surface area contributed by atoms with Crippen LogP contribution in [0.25, 0.3) is 0 Å². The van der Waals surface area contributed by atoms with Gasteiger partial charge >= 0.3 is 0 Å². The standard InChI is InChI=1S/C22H27N/c1-23-16-20(17-10-4-2-5-11-17)22(18-12-6-3-7-13-18)19-14-8-9-15-21(19)23/h3,6-9,12-15,17,20,22H,2,4-5,10-11,16H2,1H3. The van der Waals surface area contributed by atoms with E-state index in [-0.39, 0.29) is 0 Å². The molecule has 0 bridgehead atoms. The zero-order chi connectivity index (χ0) is 15.6. The highest BCUT2D eigenvalue weighted by atomic mass is 15.1. The Balaban J connectivity index is 1.78. The Kier molecular flexibility index (Phi) is 4.11. The summed E-state index contributed by atoms with van der Waals surface area (Å²) in [4.78, 5) is 2.49. The van der Waals surface area contributed by atoms with Gasteiger partial charge in [-0.25, -0.2) is 0 Å². The van der Waals surface area contributed by atoms with Gasteiger partial charge in [-0.2, -0.15) is 0 Å². The number of anilines is 1. The predicted octanol–water partition coefficient (Wildman–Crippen LogP) is 5.46. The maximum absolute atomic E-state index is 2.49. The molecule has 1 nitrogen and oxygen atoms in total. The van der Waals surface area contributed by atoms with Crippen LogP contribution in [0.5, 0.6) is 0 Å². The number of benzene rings is 2. The Morgan fingerprint density at radius 2 is 1.52 bits per heavy atom. The lowest BCUT2D eigenvalue weighted by Crippen LogP contribution is -2.40. The SMILES string of the molecule is CN1CC(C2CCCCC2)C(c2ccccc2)c2ccccc21. The van der Waals surface area contributed by atoms with E-state index in [0.29, 0.717) is 5.92 Å². The van der Waals surface area contributed by atoms with Crippen molar-refractivity contribution < 1.29 is 0 Å². The van der Waals surface area contributed by atoms with Crippen LogP contribution in [0.1, 0.15) is 49.1 Å². The molecule has 4 rings (SSSR count). The van der Waals surface area contributed by atoms with Crippen molar-refractivity contribution in [3.63, 3.8) is 0 Å². The van der Waals surface area contributed by atoms with Crippen molar-refractivity contribution in [2.45, 2.75) is 38.0 Å². The molecule has 1 heteroatoms. The molecule has 1 aliphatic carbocycles. The highest BCUT2D eigenvalue weighted by molar-refractivity contribution is 5.59. The minimum atomic E-state index is 0.562. The summed E-state index contributed by atoms with van der Waals surface area (Å²) in [6, 6.07) is 20.3. The molecule has 1 aliphatic heterocycles. The molecule has 1 heterocycles. The summed E-state index contributed by atoms with van der Waals surface area (Å²) >= 11 is 0. The van der Waals surface area contributed by atoms with Crippen molar-refractivity contribution in [3.8, 4) is 0 Å². The molecule has 2 aliphatic rings. The molecule has 1 fully saturated rings. The lowest BCUT2D eigenvalue weighted by molar-refractivity contribution is 0.226. The first-order valence-corrected chi connectivity index (χ1v) is 9.19. The first kappa shape index (κ1) is 14.8. The van der Waals surface area contributed by atoms with E-state index in [1.54, 1.807) is 0 Å². The zero-order valence-electron chi connectivity index (χ0n) is 14.1. The van der Waals surface area contributed by atoms with Gasteiger partial charge < -0.3 is 4.90 Å². The molecular weight excluding hydrogens is 278 g/mol. The van der Waals surface area contributed by atoms with E-state index in [4.69, 9.17) is 0 Å². The second kappa shape index (κ2) is 6.39.